The third-order valence-corrected chi connectivity index (χ3v) is 4.29. The highest BCUT2D eigenvalue weighted by molar-refractivity contribution is 6.31. The molecule has 1 N–H and O–H groups in total. The van der Waals surface area contributed by atoms with Crippen LogP contribution in [-0.2, 0) is 12.7 Å². The van der Waals surface area contributed by atoms with Crippen LogP contribution in [0.2, 0.25) is 5.02 Å². The standard InChI is InChI=1S/C18H12ClF3N2O3/c19-15-4-2-1-3-11(15)9-23-10-14(17(26)27)16(25)24(23)13-7-5-12(6-8-13)18(20,21)22/h1-8,10H,9H2,(H,26,27). The average Bonchev–Trinajstić information content (AvgIpc) is 2.93. The van der Waals surface area contributed by atoms with Crippen molar-refractivity contribution in [3.63, 3.8) is 0 Å². The number of carbonyl (C=O) groups is 1. The monoisotopic (exact) mass is 396 g/mol. The SMILES string of the molecule is O=C(O)c1cn(Cc2ccccc2Cl)n(-c2ccc(C(F)(F)F)cc2)c1=O. The minimum absolute atomic E-state index is 0.0587. The van der Waals surface area contributed by atoms with Crippen molar-refractivity contribution in [3.8, 4) is 5.69 Å². The topological polar surface area (TPSA) is 64.2 Å². The van der Waals surface area contributed by atoms with E-state index in [1.165, 1.54) is 4.68 Å². The lowest BCUT2D eigenvalue weighted by molar-refractivity contribution is -0.137. The quantitative estimate of drug-likeness (QED) is 0.723. The van der Waals surface area contributed by atoms with E-state index in [9.17, 15) is 27.9 Å². The number of carboxylic acids is 1. The van der Waals surface area contributed by atoms with Gasteiger partial charge in [0, 0.05) is 11.2 Å². The molecule has 0 spiro atoms. The van der Waals surface area contributed by atoms with Gasteiger partial charge in [-0.15, -0.1) is 0 Å². The zero-order chi connectivity index (χ0) is 19.8. The van der Waals surface area contributed by atoms with E-state index in [2.05, 4.69) is 0 Å². The van der Waals surface area contributed by atoms with Gasteiger partial charge in [-0.1, -0.05) is 29.8 Å². The summed E-state index contributed by atoms with van der Waals surface area (Å²) < 4.78 is 40.6. The zero-order valence-corrected chi connectivity index (χ0v) is 14.3. The summed E-state index contributed by atoms with van der Waals surface area (Å²) in [6.45, 7) is 0.0587. The van der Waals surface area contributed by atoms with E-state index >= 15 is 0 Å². The predicted molar refractivity (Wildman–Crippen MR) is 92.5 cm³/mol. The van der Waals surface area contributed by atoms with Gasteiger partial charge >= 0.3 is 12.1 Å². The molecule has 27 heavy (non-hydrogen) atoms. The molecule has 3 aromatic rings. The second kappa shape index (κ2) is 6.96. The van der Waals surface area contributed by atoms with E-state index in [0.29, 0.717) is 10.6 Å². The lowest BCUT2D eigenvalue weighted by Crippen LogP contribution is -2.24. The number of hydrogen-bond acceptors (Lipinski definition) is 2. The highest BCUT2D eigenvalue weighted by atomic mass is 35.5. The summed E-state index contributed by atoms with van der Waals surface area (Å²) in [6.07, 6.45) is -3.39. The van der Waals surface area contributed by atoms with Crippen molar-refractivity contribution in [1.29, 1.82) is 0 Å². The minimum Gasteiger partial charge on any atom is -0.477 e. The van der Waals surface area contributed by atoms with Crippen molar-refractivity contribution < 1.29 is 23.1 Å². The molecular weight excluding hydrogens is 385 g/mol. The summed E-state index contributed by atoms with van der Waals surface area (Å²) in [5, 5.41) is 9.63. The lowest BCUT2D eigenvalue weighted by Gasteiger charge is -2.13. The Morgan fingerprint density at radius 1 is 1.07 bits per heavy atom. The van der Waals surface area contributed by atoms with Crippen LogP contribution in [0.4, 0.5) is 13.2 Å². The molecular formula is C18H12ClF3N2O3. The molecule has 140 valence electrons. The molecule has 9 heteroatoms. The van der Waals surface area contributed by atoms with Crippen LogP contribution in [0.15, 0.2) is 59.5 Å². The Morgan fingerprint density at radius 3 is 2.26 bits per heavy atom. The number of nitrogens with zero attached hydrogens (tertiary/aromatic N) is 2. The Kier molecular flexibility index (Phi) is 4.84. The van der Waals surface area contributed by atoms with Gasteiger partial charge in [0.25, 0.3) is 5.56 Å². The van der Waals surface area contributed by atoms with Gasteiger partial charge in [-0.3, -0.25) is 9.48 Å². The Morgan fingerprint density at radius 2 is 1.70 bits per heavy atom. The molecule has 3 rings (SSSR count). The molecule has 0 atom stereocenters. The number of aromatic nitrogens is 2. The highest BCUT2D eigenvalue weighted by Gasteiger charge is 2.30. The molecule has 0 unspecified atom stereocenters. The van der Waals surface area contributed by atoms with Crippen molar-refractivity contribution in [3.05, 3.63) is 86.8 Å². The summed E-state index contributed by atoms with van der Waals surface area (Å²) in [4.78, 5) is 23.8. The van der Waals surface area contributed by atoms with E-state index in [1.807, 2.05) is 0 Å². The number of rotatable bonds is 4. The second-order valence-electron chi connectivity index (χ2n) is 5.70. The van der Waals surface area contributed by atoms with Crippen LogP contribution in [-0.4, -0.2) is 20.4 Å². The molecule has 0 saturated carbocycles. The summed E-state index contributed by atoms with van der Waals surface area (Å²) >= 11 is 6.11. The molecule has 2 aromatic carbocycles. The summed E-state index contributed by atoms with van der Waals surface area (Å²) in [5.74, 6) is -1.43. The van der Waals surface area contributed by atoms with Crippen LogP contribution in [0.25, 0.3) is 5.69 Å². The number of hydrogen-bond donors (Lipinski definition) is 1. The van der Waals surface area contributed by atoms with E-state index in [-0.39, 0.29) is 12.2 Å². The van der Waals surface area contributed by atoms with Gasteiger partial charge in [0.1, 0.15) is 5.56 Å². The van der Waals surface area contributed by atoms with Gasteiger partial charge in [0.15, 0.2) is 0 Å². The van der Waals surface area contributed by atoms with Gasteiger partial charge in [0.05, 0.1) is 17.8 Å². The number of halogens is 4. The smallest absolute Gasteiger partial charge is 0.416 e. The van der Waals surface area contributed by atoms with Gasteiger partial charge in [-0.05, 0) is 35.9 Å². The van der Waals surface area contributed by atoms with Crippen molar-refractivity contribution >= 4 is 17.6 Å². The van der Waals surface area contributed by atoms with Crippen LogP contribution in [0, 0.1) is 0 Å². The number of alkyl halides is 3. The maximum absolute atomic E-state index is 12.8. The predicted octanol–water partition coefficient (Wildman–Crippen LogP) is 4.06. The summed E-state index contributed by atoms with van der Waals surface area (Å²) in [6, 6.07) is 10.7. The highest BCUT2D eigenvalue weighted by Crippen LogP contribution is 2.29. The second-order valence-corrected chi connectivity index (χ2v) is 6.11. The van der Waals surface area contributed by atoms with Crippen molar-refractivity contribution in [2.45, 2.75) is 12.7 Å². The maximum atomic E-state index is 12.8. The van der Waals surface area contributed by atoms with Crippen LogP contribution < -0.4 is 5.56 Å². The number of benzene rings is 2. The first-order valence-electron chi connectivity index (χ1n) is 7.65. The molecule has 0 bridgehead atoms. The third kappa shape index (κ3) is 3.75. The van der Waals surface area contributed by atoms with Crippen LogP contribution in [0.5, 0.6) is 0 Å². The zero-order valence-electron chi connectivity index (χ0n) is 13.6. The molecule has 1 heterocycles. The first kappa shape index (κ1) is 18.8. The minimum atomic E-state index is -4.52. The Bertz CT molecular complexity index is 1050. The average molecular weight is 397 g/mol. The van der Waals surface area contributed by atoms with E-state index in [0.717, 1.165) is 35.1 Å². The maximum Gasteiger partial charge on any atom is 0.416 e. The fourth-order valence-corrected chi connectivity index (χ4v) is 2.81. The van der Waals surface area contributed by atoms with E-state index in [4.69, 9.17) is 11.6 Å². The molecule has 0 aliphatic heterocycles. The summed E-state index contributed by atoms with van der Waals surface area (Å²) in [5.41, 5.74) is -1.50. The molecule has 0 fully saturated rings. The first-order valence-corrected chi connectivity index (χ1v) is 8.03. The van der Waals surface area contributed by atoms with Crippen molar-refractivity contribution in [2.24, 2.45) is 0 Å². The van der Waals surface area contributed by atoms with Gasteiger partial charge in [-0.25, -0.2) is 9.48 Å². The molecule has 0 aliphatic rings. The van der Waals surface area contributed by atoms with Gasteiger partial charge in [0.2, 0.25) is 0 Å². The number of carboxylic acid groups (broad SMARTS) is 1. The van der Waals surface area contributed by atoms with E-state index in [1.54, 1.807) is 24.3 Å². The van der Waals surface area contributed by atoms with E-state index < -0.39 is 28.8 Å². The largest absolute Gasteiger partial charge is 0.477 e. The molecule has 0 aliphatic carbocycles. The first-order chi connectivity index (χ1) is 12.7. The van der Waals surface area contributed by atoms with Crippen LogP contribution in [0.1, 0.15) is 21.5 Å². The lowest BCUT2D eigenvalue weighted by atomic mass is 10.2. The van der Waals surface area contributed by atoms with Gasteiger partial charge in [-0.2, -0.15) is 13.2 Å². The molecule has 5 nitrogen and oxygen atoms in total. The summed E-state index contributed by atoms with van der Waals surface area (Å²) in [7, 11) is 0. The Hall–Kier alpha value is -3.00. The molecule has 0 radical (unpaired) electrons. The normalized spacial score (nSPS) is 11.6. The Labute approximate surface area is 155 Å². The van der Waals surface area contributed by atoms with Crippen LogP contribution >= 0.6 is 11.6 Å². The molecule has 0 saturated heterocycles. The fraction of sp³-hybridized carbons (Fsp3) is 0.111. The van der Waals surface area contributed by atoms with Gasteiger partial charge < -0.3 is 5.11 Å². The molecule has 0 amide bonds. The number of aromatic carboxylic acids is 1. The Balaban J connectivity index is 2.12. The molecule has 1 aromatic heterocycles. The van der Waals surface area contributed by atoms with Crippen molar-refractivity contribution in [2.75, 3.05) is 0 Å². The third-order valence-electron chi connectivity index (χ3n) is 3.92. The van der Waals surface area contributed by atoms with Crippen LogP contribution in [0.3, 0.4) is 0 Å². The van der Waals surface area contributed by atoms with Crippen molar-refractivity contribution in [1.82, 2.24) is 9.36 Å². The fourth-order valence-electron chi connectivity index (χ4n) is 2.61.